The van der Waals surface area contributed by atoms with Crippen molar-refractivity contribution in [2.45, 2.75) is 52.4 Å². The predicted octanol–water partition coefficient (Wildman–Crippen LogP) is 2.92. The van der Waals surface area contributed by atoms with Crippen LogP contribution >= 0.6 is 0 Å². The first-order chi connectivity index (χ1) is 11.4. The topological polar surface area (TPSA) is 61.8 Å². The standard InChI is InChI=1S/C19H30N2O3/c1-19(2,3)24-18(23)21-10-6-7-15(13-21)11-20-12-16-8-4-5-9-17(16)14-22/h4-5,8-9,15,20,22H,6-7,10-14H2,1-3H3/t15-/m1/s1. The normalized spacial score (nSPS) is 18.5. The van der Waals surface area contributed by atoms with E-state index in [9.17, 15) is 9.90 Å². The Balaban J connectivity index is 1.80. The SMILES string of the molecule is CC(C)(C)OC(=O)N1CCC[C@H](CNCc2ccccc2CO)C1. The molecule has 1 aromatic carbocycles. The van der Waals surface area contributed by atoms with Gasteiger partial charge in [0.25, 0.3) is 0 Å². The number of carbonyl (C=O) groups is 1. The molecule has 1 amide bonds. The summed E-state index contributed by atoms with van der Waals surface area (Å²) in [5.41, 5.74) is 1.64. The molecule has 1 aromatic rings. The fourth-order valence-corrected chi connectivity index (χ4v) is 3.02. The van der Waals surface area contributed by atoms with Crippen LogP contribution in [-0.4, -0.2) is 41.3 Å². The number of piperidine rings is 1. The Hall–Kier alpha value is -1.59. The molecule has 0 bridgehead atoms. The number of benzene rings is 1. The lowest BCUT2D eigenvalue weighted by Gasteiger charge is -2.34. The molecule has 0 unspecified atom stereocenters. The Bertz CT molecular complexity index is 540. The van der Waals surface area contributed by atoms with Crippen LogP contribution in [0.15, 0.2) is 24.3 Å². The Morgan fingerprint density at radius 2 is 2.04 bits per heavy atom. The van der Waals surface area contributed by atoms with E-state index in [0.29, 0.717) is 5.92 Å². The van der Waals surface area contributed by atoms with Gasteiger partial charge in [0.1, 0.15) is 5.60 Å². The lowest BCUT2D eigenvalue weighted by atomic mass is 9.98. The number of aliphatic hydroxyl groups excluding tert-OH is 1. The van der Waals surface area contributed by atoms with Gasteiger partial charge >= 0.3 is 6.09 Å². The van der Waals surface area contributed by atoms with Crippen LogP contribution in [0.4, 0.5) is 4.79 Å². The summed E-state index contributed by atoms with van der Waals surface area (Å²) in [6.07, 6.45) is 1.92. The molecule has 24 heavy (non-hydrogen) atoms. The van der Waals surface area contributed by atoms with Crippen molar-refractivity contribution in [1.29, 1.82) is 0 Å². The van der Waals surface area contributed by atoms with E-state index in [-0.39, 0.29) is 12.7 Å². The molecule has 0 radical (unpaired) electrons. The fraction of sp³-hybridized carbons (Fsp3) is 0.632. The fourth-order valence-electron chi connectivity index (χ4n) is 3.02. The molecule has 0 aromatic heterocycles. The number of rotatable bonds is 5. The predicted molar refractivity (Wildman–Crippen MR) is 94.6 cm³/mol. The van der Waals surface area contributed by atoms with E-state index < -0.39 is 5.60 Å². The average molecular weight is 334 g/mol. The van der Waals surface area contributed by atoms with Crippen LogP contribution in [0.25, 0.3) is 0 Å². The van der Waals surface area contributed by atoms with Crippen molar-refractivity contribution < 1.29 is 14.6 Å². The van der Waals surface area contributed by atoms with Crippen molar-refractivity contribution in [3.8, 4) is 0 Å². The molecule has 1 saturated heterocycles. The number of hydrogen-bond donors (Lipinski definition) is 2. The average Bonchev–Trinajstić information content (AvgIpc) is 2.54. The van der Waals surface area contributed by atoms with E-state index in [2.05, 4.69) is 5.32 Å². The molecule has 0 spiro atoms. The molecular weight excluding hydrogens is 304 g/mol. The van der Waals surface area contributed by atoms with Crippen molar-refractivity contribution in [3.63, 3.8) is 0 Å². The summed E-state index contributed by atoms with van der Waals surface area (Å²) in [5.74, 6) is 0.438. The number of hydrogen-bond acceptors (Lipinski definition) is 4. The Labute approximate surface area is 145 Å². The zero-order valence-electron chi connectivity index (χ0n) is 15.0. The van der Waals surface area contributed by atoms with Crippen LogP contribution < -0.4 is 5.32 Å². The van der Waals surface area contributed by atoms with Crippen molar-refractivity contribution in [1.82, 2.24) is 10.2 Å². The molecule has 1 heterocycles. The smallest absolute Gasteiger partial charge is 0.410 e. The molecular formula is C19H30N2O3. The first kappa shape index (κ1) is 18.7. The number of aliphatic hydroxyl groups is 1. The Kier molecular flexibility index (Phi) is 6.63. The first-order valence-electron chi connectivity index (χ1n) is 8.75. The van der Waals surface area contributed by atoms with Crippen LogP contribution in [0, 0.1) is 5.92 Å². The minimum Gasteiger partial charge on any atom is -0.444 e. The third-order valence-electron chi connectivity index (χ3n) is 4.21. The third kappa shape index (κ3) is 5.80. The zero-order valence-corrected chi connectivity index (χ0v) is 15.0. The molecule has 5 heteroatoms. The van der Waals surface area contributed by atoms with Gasteiger partial charge in [-0.15, -0.1) is 0 Å². The molecule has 0 saturated carbocycles. The molecule has 5 nitrogen and oxygen atoms in total. The molecule has 2 rings (SSSR count). The highest BCUT2D eigenvalue weighted by Crippen LogP contribution is 2.19. The van der Waals surface area contributed by atoms with Gasteiger partial charge < -0.3 is 20.1 Å². The molecule has 1 aliphatic rings. The minimum absolute atomic E-state index is 0.0632. The van der Waals surface area contributed by atoms with Crippen LogP contribution in [0.3, 0.4) is 0 Å². The summed E-state index contributed by atoms with van der Waals surface area (Å²) in [6.45, 7) is 8.86. The van der Waals surface area contributed by atoms with Crippen LogP contribution in [0.2, 0.25) is 0 Å². The van der Waals surface area contributed by atoms with E-state index in [1.54, 1.807) is 0 Å². The highest BCUT2D eigenvalue weighted by atomic mass is 16.6. The summed E-state index contributed by atoms with van der Waals surface area (Å²) in [5, 5.41) is 12.8. The number of amides is 1. The van der Waals surface area contributed by atoms with Gasteiger partial charge in [-0.3, -0.25) is 0 Å². The summed E-state index contributed by atoms with van der Waals surface area (Å²) < 4.78 is 5.47. The maximum absolute atomic E-state index is 12.2. The van der Waals surface area contributed by atoms with Gasteiger partial charge in [-0.05, 0) is 57.2 Å². The molecule has 1 aliphatic heterocycles. The highest BCUT2D eigenvalue weighted by Gasteiger charge is 2.27. The Morgan fingerprint density at radius 3 is 2.71 bits per heavy atom. The summed E-state index contributed by atoms with van der Waals surface area (Å²) >= 11 is 0. The minimum atomic E-state index is -0.448. The van der Waals surface area contributed by atoms with E-state index in [1.165, 1.54) is 0 Å². The van der Waals surface area contributed by atoms with Gasteiger partial charge in [0.05, 0.1) is 6.61 Å². The van der Waals surface area contributed by atoms with E-state index in [0.717, 1.165) is 50.1 Å². The number of carbonyl (C=O) groups excluding carboxylic acids is 1. The van der Waals surface area contributed by atoms with Gasteiger partial charge in [-0.25, -0.2) is 4.79 Å². The number of nitrogens with one attached hydrogen (secondary N) is 1. The van der Waals surface area contributed by atoms with Gasteiger partial charge in [-0.2, -0.15) is 0 Å². The second-order valence-corrected chi connectivity index (χ2v) is 7.49. The second-order valence-electron chi connectivity index (χ2n) is 7.49. The lowest BCUT2D eigenvalue weighted by molar-refractivity contribution is 0.0166. The van der Waals surface area contributed by atoms with Gasteiger partial charge in [0.2, 0.25) is 0 Å². The number of likely N-dealkylation sites (tertiary alicyclic amines) is 1. The summed E-state index contributed by atoms with van der Waals surface area (Å²) in [4.78, 5) is 14.0. The molecule has 134 valence electrons. The zero-order chi connectivity index (χ0) is 17.6. The highest BCUT2D eigenvalue weighted by molar-refractivity contribution is 5.68. The second kappa shape index (κ2) is 8.49. The maximum atomic E-state index is 12.2. The molecule has 1 fully saturated rings. The Morgan fingerprint density at radius 1 is 1.33 bits per heavy atom. The quantitative estimate of drug-likeness (QED) is 0.869. The summed E-state index contributed by atoms with van der Waals surface area (Å²) in [7, 11) is 0. The largest absolute Gasteiger partial charge is 0.444 e. The lowest BCUT2D eigenvalue weighted by Crippen LogP contribution is -2.45. The number of nitrogens with zero attached hydrogens (tertiary/aromatic N) is 1. The summed E-state index contributed by atoms with van der Waals surface area (Å²) in [6, 6.07) is 7.91. The maximum Gasteiger partial charge on any atom is 0.410 e. The van der Waals surface area contributed by atoms with Crippen molar-refractivity contribution in [2.24, 2.45) is 5.92 Å². The van der Waals surface area contributed by atoms with Crippen molar-refractivity contribution in [3.05, 3.63) is 35.4 Å². The van der Waals surface area contributed by atoms with Crippen LogP contribution in [0.1, 0.15) is 44.7 Å². The van der Waals surface area contributed by atoms with Gasteiger partial charge in [0.15, 0.2) is 0 Å². The van der Waals surface area contributed by atoms with Gasteiger partial charge in [0, 0.05) is 19.6 Å². The first-order valence-corrected chi connectivity index (χ1v) is 8.75. The molecule has 2 N–H and O–H groups in total. The van der Waals surface area contributed by atoms with E-state index in [4.69, 9.17) is 4.74 Å². The van der Waals surface area contributed by atoms with E-state index in [1.807, 2.05) is 49.9 Å². The van der Waals surface area contributed by atoms with E-state index >= 15 is 0 Å². The third-order valence-corrected chi connectivity index (χ3v) is 4.21. The number of ether oxygens (including phenoxy) is 1. The van der Waals surface area contributed by atoms with Crippen molar-refractivity contribution >= 4 is 6.09 Å². The molecule has 1 atom stereocenters. The van der Waals surface area contributed by atoms with Crippen LogP contribution in [0.5, 0.6) is 0 Å². The molecule has 0 aliphatic carbocycles. The van der Waals surface area contributed by atoms with Gasteiger partial charge in [-0.1, -0.05) is 24.3 Å². The monoisotopic (exact) mass is 334 g/mol. The van der Waals surface area contributed by atoms with Crippen LogP contribution in [-0.2, 0) is 17.9 Å². The van der Waals surface area contributed by atoms with Crippen molar-refractivity contribution in [2.75, 3.05) is 19.6 Å².